The monoisotopic (exact) mass is 256 g/mol. The maximum absolute atomic E-state index is 11.2. The molecule has 0 unspecified atom stereocenters. The van der Waals surface area contributed by atoms with Crippen LogP contribution in [0.4, 0.5) is 0 Å². The minimum atomic E-state index is -0.897. The predicted octanol–water partition coefficient (Wildman–Crippen LogP) is 3.18. The first-order valence-corrected chi connectivity index (χ1v) is 6.15. The molecule has 2 rings (SSSR count). The van der Waals surface area contributed by atoms with Crippen LogP contribution in [-0.4, -0.2) is 18.2 Å². The minimum Gasteiger partial charge on any atom is -0.497 e. The molecule has 2 aromatic rings. The topological polar surface area (TPSA) is 46.5 Å². The van der Waals surface area contributed by atoms with Gasteiger partial charge in [0.1, 0.15) is 5.75 Å². The van der Waals surface area contributed by atoms with Crippen molar-refractivity contribution in [2.75, 3.05) is 7.11 Å². The summed E-state index contributed by atoms with van der Waals surface area (Å²) in [7, 11) is 1.58. The maximum atomic E-state index is 11.2. The number of benzene rings is 2. The van der Waals surface area contributed by atoms with E-state index in [1.807, 2.05) is 30.3 Å². The molecule has 3 heteroatoms. The largest absolute Gasteiger partial charge is 0.497 e. The van der Waals surface area contributed by atoms with Gasteiger partial charge in [0.2, 0.25) is 0 Å². The molecular formula is C16H16O3. The number of hydrogen-bond acceptors (Lipinski definition) is 2. The van der Waals surface area contributed by atoms with E-state index in [2.05, 4.69) is 0 Å². The van der Waals surface area contributed by atoms with Crippen LogP contribution in [-0.2, 0) is 12.8 Å². The molecule has 1 N–H and O–H groups in total. The summed E-state index contributed by atoms with van der Waals surface area (Å²) in [5.74, 6) is -0.209. The highest BCUT2D eigenvalue weighted by Crippen LogP contribution is 2.19. The third kappa shape index (κ3) is 3.35. The minimum absolute atomic E-state index is 0.344. The molecule has 0 aliphatic carbocycles. The van der Waals surface area contributed by atoms with Gasteiger partial charge in [-0.3, -0.25) is 0 Å². The molecule has 0 fully saturated rings. The Morgan fingerprint density at radius 1 is 1.11 bits per heavy atom. The van der Waals surface area contributed by atoms with Gasteiger partial charge in [-0.1, -0.05) is 30.3 Å². The Morgan fingerprint density at radius 2 is 1.84 bits per heavy atom. The van der Waals surface area contributed by atoms with Gasteiger partial charge in [0.05, 0.1) is 12.7 Å². The van der Waals surface area contributed by atoms with Crippen molar-refractivity contribution >= 4 is 5.97 Å². The molecule has 0 aliphatic heterocycles. The van der Waals surface area contributed by atoms with Crippen LogP contribution in [0, 0.1) is 0 Å². The third-order valence-electron chi connectivity index (χ3n) is 3.07. The van der Waals surface area contributed by atoms with Gasteiger partial charge in [-0.05, 0) is 42.2 Å². The molecule has 0 bridgehead atoms. The molecule has 2 aromatic carbocycles. The van der Waals surface area contributed by atoms with Crippen LogP contribution in [0.25, 0.3) is 0 Å². The van der Waals surface area contributed by atoms with Crippen molar-refractivity contribution < 1.29 is 14.6 Å². The molecule has 0 aromatic heterocycles. The molecule has 0 aliphatic rings. The lowest BCUT2D eigenvalue weighted by atomic mass is 9.99. The summed E-state index contributed by atoms with van der Waals surface area (Å²) in [5, 5.41) is 9.19. The molecule has 0 amide bonds. The Kier molecular flexibility index (Phi) is 4.18. The Labute approximate surface area is 112 Å². The summed E-state index contributed by atoms with van der Waals surface area (Å²) in [6.07, 6.45) is 1.50. The quantitative estimate of drug-likeness (QED) is 0.893. The highest BCUT2D eigenvalue weighted by Gasteiger charge is 2.11. The van der Waals surface area contributed by atoms with Crippen molar-refractivity contribution in [1.29, 1.82) is 0 Å². The van der Waals surface area contributed by atoms with Crippen molar-refractivity contribution in [2.45, 2.75) is 12.8 Å². The van der Waals surface area contributed by atoms with Gasteiger partial charge in [0.25, 0.3) is 0 Å². The first kappa shape index (κ1) is 13.1. The Balaban J connectivity index is 2.20. The number of methoxy groups -OCH3 is 1. The van der Waals surface area contributed by atoms with Gasteiger partial charge in [-0.15, -0.1) is 0 Å². The van der Waals surface area contributed by atoms with Crippen molar-refractivity contribution in [1.82, 2.24) is 0 Å². The maximum Gasteiger partial charge on any atom is 0.335 e. The number of rotatable bonds is 5. The second kappa shape index (κ2) is 6.05. The van der Waals surface area contributed by atoms with E-state index in [-0.39, 0.29) is 0 Å². The number of ether oxygens (including phenoxy) is 1. The Hall–Kier alpha value is -2.29. The molecule has 0 saturated heterocycles. The standard InChI is InChI=1S/C16H16O3/c1-19-14-9-10-15(16(17)18)13(11-14)8-7-12-5-3-2-4-6-12/h2-6,9-11H,7-8H2,1H3,(H,17,18). The average molecular weight is 256 g/mol. The molecule has 0 heterocycles. The lowest BCUT2D eigenvalue weighted by Gasteiger charge is -2.08. The van der Waals surface area contributed by atoms with Gasteiger partial charge in [0.15, 0.2) is 0 Å². The summed E-state index contributed by atoms with van der Waals surface area (Å²) in [6, 6.07) is 15.1. The van der Waals surface area contributed by atoms with E-state index >= 15 is 0 Å². The van der Waals surface area contributed by atoms with Gasteiger partial charge in [0, 0.05) is 0 Å². The van der Waals surface area contributed by atoms with Gasteiger partial charge < -0.3 is 9.84 Å². The number of aromatic carboxylic acids is 1. The molecular weight excluding hydrogens is 240 g/mol. The van der Waals surface area contributed by atoms with Crippen molar-refractivity contribution in [3.05, 3.63) is 65.2 Å². The first-order chi connectivity index (χ1) is 9.20. The summed E-state index contributed by atoms with van der Waals surface area (Å²) in [4.78, 5) is 11.2. The third-order valence-corrected chi connectivity index (χ3v) is 3.07. The Morgan fingerprint density at radius 3 is 2.47 bits per heavy atom. The molecule has 0 atom stereocenters. The van der Waals surface area contributed by atoms with E-state index in [1.54, 1.807) is 25.3 Å². The van der Waals surface area contributed by atoms with Crippen LogP contribution < -0.4 is 4.74 Å². The van der Waals surface area contributed by atoms with Crippen LogP contribution >= 0.6 is 0 Å². The van der Waals surface area contributed by atoms with Crippen LogP contribution in [0.15, 0.2) is 48.5 Å². The van der Waals surface area contributed by atoms with Crippen molar-refractivity contribution in [3.63, 3.8) is 0 Å². The normalized spacial score (nSPS) is 10.2. The Bertz CT molecular complexity index is 561. The fourth-order valence-corrected chi connectivity index (χ4v) is 2.04. The summed E-state index contributed by atoms with van der Waals surface area (Å²) in [6.45, 7) is 0. The highest BCUT2D eigenvalue weighted by molar-refractivity contribution is 5.89. The van der Waals surface area contributed by atoms with Gasteiger partial charge >= 0.3 is 5.97 Å². The number of hydrogen-bond donors (Lipinski definition) is 1. The molecule has 0 radical (unpaired) electrons. The molecule has 19 heavy (non-hydrogen) atoms. The zero-order valence-corrected chi connectivity index (χ0v) is 10.8. The van der Waals surface area contributed by atoms with E-state index in [0.29, 0.717) is 17.7 Å². The van der Waals surface area contributed by atoms with E-state index in [9.17, 15) is 9.90 Å². The van der Waals surface area contributed by atoms with Gasteiger partial charge in [-0.2, -0.15) is 0 Å². The zero-order valence-electron chi connectivity index (χ0n) is 10.8. The fourth-order valence-electron chi connectivity index (χ4n) is 2.04. The first-order valence-electron chi connectivity index (χ1n) is 6.15. The number of carboxylic acids is 1. The summed E-state index contributed by atoms with van der Waals surface area (Å²) >= 11 is 0. The second-order valence-corrected chi connectivity index (χ2v) is 4.31. The summed E-state index contributed by atoms with van der Waals surface area (Å²) < 4.78 is 5.15. The van der Waals surface area contributed by atoms with E-state index < -0.39 is 5.97 Å². The SMILES string of the molecule is COc1ccc(C(=O)O)c(CCc2ccccc2)c1. The number of carboxylic acid groups (broad SMARTS) is 1. The van der Waals surface area contributed by atoms with Crippen LogP contribution in [0.5, 0.6) is 5.75 Å². The van der Waals surface area contributed by atoms with Gasteiger partial charge in [-0.25, -0.2) is 4.79 Å². The smallest absolute Gasteiger partial charge is 0.335 e. The molecule has 0 saturated carbocycles. The number of carbonyl (C=O) groups is 1. The molecule has 0 spiro atoms. The van der Waals surface area contributed by atoms with E-state index in [1.165, 1.54) is 5.56 Å². The van der Waals surface area contributed by atoms with Crippen molar-refractivity contribution in [3.8, 4) is 5.75 Å². The molecule has 98 valence electrons. The average Bonchev–Trinajstić information content (AvgIpc) is 2.45. The zero-order chi connectivity index (χ0) is 13.7. The van der Waals surface area contributed by atoms with E-state index in [0.717, 1.165) is 12.0 Å². The van der Waals surface area contributed by atoms with Crippen LogP contribution in [0.1, 0.15) is 21.5 Å². The highest BCUT2D eigenvalue weighted by atomic mass is 16.5. The van der Waals surface area contributed by atoms with E-state index in [4.69, 9.17) is 4.74 Å². The van der Waals surface area contributed by atoms with Crippen LogP contribution in [0.2, 0.25) is 0 Å². The van der Waals surface area contributed by atoms with Crippen LogP contribution in [0.3, 0.4) is 0 Å². The predicted molar refractivity (Wildman–Crippen MR) is 73.8 cm³/mol. The number of aryl methyl sites for hydroxylation is 2. The lowest BCUT2D eigenvalue weighted by molar-refractivity contribution is 0.0695. The summed E-state index contributed by atoms with van der Waals surface area (Å²) in [5.41, 5.74) is 2.34. The second-order valence-electron chi connectivity index (χ2n) is 4.31. The van der Waals surface area contributed by atoms with Crippen molar-refractivity contribution in [2.24, 2.45) is 0 Å². The molecule has 3 nitrogen and oxygen atoms in total. The lowest BCUT2D eigenvalue weighted by Crippen LogP contribution is -2.04. The fraction of sp³-hybridized carbons (Fsp3) is 0.188.